The maximum absolute atomic E-state index is 13.0. The summed E-state index contributed by atoms with van der Waals surface area (Å²) in [5.41, 5.74) is 1.57. The third-order valence-electron chi connectivity index (χ3n) is 6.97. The molecule has 1 unspecified atom stereocenters. The van der Waals surface area contributed by atoms with Crippen LogP contribution in [0.15, 0.2) is 42.7 Å². The van der Waals surface area contributed by atoms with Crippen LogP contribution in [0.25, 0.3) is 22.8 Å². The molecule has 1 atom stereocenters. The van der Waals surface area contributed by atoms with Crippen molar-refractivity contribution in [1.82, 2.24) is 39.4 Å². The van der Waals surface area contributed by atoms with E-state index in [1.165, 1.54) is 9.58 Å². The number of aliphatic hydroxyl groups is 1. The number of aromatic nitrogens is 7. The Bertz CT molecular complexity index is 1570. The van der Waals surface area contributed by atoms with Gasteiger partial charge in [-0.2, -0.15) is 10.2 Å². The Labute approximate surface area is 244 Å². The standard InChI is InChI=1S/C27H34ClN9O3Si/c1-35-12-10-27(39,25(35)38)23-15-21(34-37(23)17-40-13-14-41(3,4)5)19-8-6-7-18(31-19)20-9-11-29-26(32-20)33-22-16-30-36(2)24(22)28/h6-9,11,15-16,39H,10,12-14,17H2,1-5H3,(H,29,32,33). The molecule has 5 heterocycles. The molecule has 14 heteroatoms. The van der Waals surface area contributed by atoms with Gasteiger partial charge in [-0.3, -0.25) is 9.48 Å². The van der Waals surface area contributed by atoms with Crippen molar-refractivity contribution in [2.75, 3.05) is 25.5 Å². The summed E-state index contributed by atoms with van der Waals surface area (Å²) in [5, 5.41) is 23.8. The highest BCUT2D eigenvalue weighted by molar-refractivity contribution is 6.76. The Balaban J connectivity index is 1.44. The van der Waals surface area contributed by atoms with Crippen molar-refractivity contribution in [3.8, 4) is 22.8 Å². The van der Waals surface area contributed by atoms with Crippen LogP contribution in [0.5, 0.6) is 0 Å². The maximum atomic E-state index is 13.0. The molecular formula is C27H34ClN9O3Si. The molecule has 1 aliphatic rings. The molecule has 4 aromatic heterocycles. The van der Waals surface area contributed by atoms with Gasteiger partial charge in [0, 0.05) is 47.9 Å². The van der Waals surface area contributed by atoms with Crippen molar-refractivity contribution in [1.29, 1.82) is 0 Å². The van der Waals surface area contributed by atoms with Crippen LogP contribution in [-0.4, -0.2) is 78.7 Å². The summed E-state index contributed by atoms with van der Waals surface area (Å²) in [4.78, 5) is 28.2. The fraction of sp³-hybridized carbons (Fsp3) is 0.407. The Morgan fingerprint density at radius 3 is 2.51 bits per heavy atom. The number of anilines is 2. The molecule has 0 saturated carbocycles. The molecule has 0 aliphatic carbocycles. The zero-order valence-electron chi connectivity index (χ0n) is 23.8. The van der Waals surface area contributed by atoms with Gasteiger partial charge in [0.2, 0.25) is 5.95 Å². The molecule has 1 saturated heterocycles. The SMILES string of the molecule is CN1CCC(O)(c2cc(-c3cccc(-c4ccnc(Nc5cnn(C)c5Cl)n4)n3)nn2COCC[Si](C)(C)C)C1=O. The number of carbonyl (C=O) groups is 1. The van der Waals surface area contributed by atoms with E-state index in [1.54, 1.807) is 43.3 Å². The number of likely N-dealkylation sites (tertiary alicyclic amines) is 1. The number of nitrogens with one attached hydrogen (secondary N) is 1. The van der Waals surface area contributed by atoms with Crippen LogP contribution >= 0.6 is 11.6 Å². The van der Waals surface area contributed by atoms with Gasteiger partial charge in [-0.25, -0.2) is 19.6 Å². The zero-order valence-corrected chi connectivity index (χ0v) is 25.6. The van der Waals surface area contributed by atoms with Gasteiger partial charge in [-0.05, 0) is 30.3 Å². The number of nitrogens with zero attached hydrogens (tertiary/aromatic N) is 8. The van der Waals surface area contributed by atoms with Gasteiger partial charge in [-0.15, -0.1) is 0 Å². The third-order valence-corrected chi connectivity index (χ3v) is 9.12. The number of amides is 1. The summed E-state index contributed by atoms with van der Waals surface area (Å²) in [7, 11) is 2.14. The Kier molecular flexibility index (Phi) is 7.97. The van der Waals surface area contributed by atoms with E-state index in [9.17, 15) is 9.90 Å². The molecule has 41 heavy (non-hydrogen) atoms. The monoisotopic (exact) mass is 595 g/mol. The van der Waals surface area contributed by atoms with E-state index < -0.39 is 13.7 Å². The highest BCUT2D eigenvalue weighted by Gasteiger charge is 2.48. The molecular weight excluding hydrogens is 562 g/mol. The van der Waals surface area contributed by atoms with E-state index >= 15 is 0 Å². The smallest absolute Gasteiger partial charge is 0.260 e. The highest BCUT2D eigenvalue weighted by atomic mass is 35.5. The predicted octanol–water partition coefficient (Wildman–Crippen LogP) is 3.89. The number of halogens is 1. The van der Waals surface area contributed by atoms with Crippen LogP contribution in [0.3, 0.4) is 0 Å². The van der Waals surface area contributed by atoms with Crippen LogP contribution in [0.4, 0.5) is 11.6 Å². The Hall–Kier alpha value is -3.65. The lowest BCUT2D eigenvalue weighted by molar-refractivity contribution is -0.143. The van der Waals surface area contributed by atoms with Crippen molar-refractivity contribution < 1.29 is 14.6 Å². The normalized spacial score (nSPS) is 17.4. The van der Waals surface area contributed by atoms with Crippen molar-refractivity contribution in [3.63, 3.8) is 0 Å². The van der Waals surface area contributed by atoms with Crippen LogP contribution in [0.2, 0.25) is 30.8 Å². The number of hydrogen-bond acceptors (Lipinski definition) is 9. The average Bonchev–Trinajstić information content (AvgIpc) is 3.60. The number of hydrogen-bond donors (Lipinski definition) is 2. The molecule has 1 amide bonds. The van der Waals surface area contributed by atoms with Gasteiger partial charge < -0.3 is 20.1 Å². The predicted molar refractivity (Wildman–Crippen MR) is 158 cm³/mol. The largest absolute Gasteiger partial charge is 0.374 e. The molecule has 5 rings (SSSR count). The summed E-state index contributed by atoms with van der Waals surface area (Å²) in [6.45, 7) is 8.01. The second kappa shape index (κ2) is 11.3. The number of aryl methyl sites for hydroxylation is 1. The van der Waals surface area contributed by atoms with Gasteiger partial charge in [-0.1, -0.05) is 37.3 Å². The van der Waals surface area contributed by atoms with Crippen molar-refractivity contribution in [2.45, 2.75) is 44.4 Å². The molecule has 0 spiro atoms. The van der Waals surface area contributed by atoms with Gasteiger partial charge in [0.15, 0.2) is 5.60 Å². The van der Waals surface area contributed by atoms with E-state index in [0.717, 1.165) is 6.04 Å². The van der Waals surface area contributed by atoms with Gasteiger partial charge >= 0.3 is 0 Å². The summed E-state index contributed by atoms with van der Waals surface area (Å²) < 4.78 is 9.07. The summed E-state index contributed by atoms with van der Waals surface area (Å²) in [6, 6.07) is 10.0. The van der Waals surface area contributed by atoms with E-state index in [1.807, 2.05) is 18.2 Å². The zero-order chi connectivity index (χ0) is 29.4. The molecule has 0 aromatic carbocycles. The minimum absolute atomic E-state index is 0.122. The highest BCUT2D eigenvalue weighted by Crippen LogP contribution is 2.35. The number of likely N-dealkylation sites (N-methyl/N-ethyl adjacent to an activating group) is 1. The quantitative estimate of drug-likeness (QED) is 0.207. The molecule has 4 aromatic rings. The first-order chi connectivity index (χ1) is 19.4. The number of pyridine rings is 1. The second-order valence-corrected chi connectivity index (χ2v) is 17.3. The lowest BCUT2D eigenvalue weighted by atomic mass is 9.97. The summed E-state index contributed by atoms with van der Waals surface area (Å²) in [5.74, 6) is -0.0125. The maximum Gasteiger partial charge on any atom is 0.260 e. The van der Waals surface area contributed by atoms with E-state index in [0.29, 0.717) is 58.4 Å². The lowest BCUT2D eigenvalue weighted by Crippen LogP contribution is -2.38. The van der Waals surface area contributed by atoms with Gasteiger partial charge in [0.05, 0.1) is 34.7 Å². The average molecular weight is 596 g/mol. The van der Waals surface area contributed by atoms with Crippen LogP contribution in [-0.2, 0) is 28.9 Å². The summed E-state index contributed by atoms with van der Waals surface area (Å²) in [6.07, 6.45) is 3.50. The molecule has 2 N–H and O–H groups in total. The second-order valence-electron chi connectivity index (χ2n) is 11.4. The number of carbonyl (C=O) groups excluding carboxylic acids is 1. The van der Waals surface area contributed by atoms with Crippen molar-refractivity contribution in [2.24, 2.45) is 7.05 Å². The van der Waals surface area contributed by atoms with Crippen LogP contribution in [0.1, 0.15) is 12.1 Å². The van der Waals surface area contributed by atoms with Gasteiger partial charge in [0.1, 0.15) is 17.6 Å². The van der Waals surface area contributed by atoms with Crippen LogP contribution < -0.4 is 5.32 Å². The Morgan fingerprint density at radius 1 is 1.12 bits per heavy atom. The number of ether oxygens (including phenoxy) is 1. The van der Waals surface area contributed by atoms with Crippen molar-refractivity contribution in [3.05, 3.63) is 53.6 Å². The third kappa shape index (κ3) is 6.17. The molecule has 1 fully saturated rings. The molecule has 0 radical (unpaired) electrons. The molecule has 0 bridgehead atoms. The minimum Gasteiger partial charge on any atom is -0.374 e. The van der Waals surface area contributed by atoms with E-state index in [2.05, 4.69) is 40.0 Å². The first kappa shape index (κ1) is 28.9. The van der Waals surface area contributed by atoms with Crippen LogP contribution in [0, 0.1) is 0 Å². The van der Waals surface area contributed by atoms with Crippen molar-refractivity contribution >= 4 is 37.2 Å². The first-order valence-corrected chi connectivity index (χ1v) is 17.4. The fourth-order valence-electron chi connectivity index (χ4n) is 4.50. The summed E-state index contributed by atoms with van der Waals surface area (Å²) >= 11 is 6.26. The topological polar surface area (TPSA) is 136 Å². The van der Waals surface area contributed by atoms with Gasteiger partial charge in [0.25, 0.3) is 5.91 Å². The molecule has 1 aliphatic heterocycles. The van der Waals surface area contributed by atoms with E-state index in [4.69, 9.17) is 26.4 Å². The molecule has 216 valence electrons. The molecule has 12 nitrogen and oxygen atoms in total. The van der Waals surface area contributed by atoms with E-state index in [-0.39, 0.29) is 19.1 Å². The lowest BCUT2D eigenvalue weighted by Gasteiger charge is -2.22. The first-order valence-electron chi connectivity index (χ1n) is 13.3. The number of rotatable bonds is 10. The minimum atomic E-state index is -1.68. The fourth-order valence-corrected chi connectivity index (χ4v) is 5.40. The Morgan fingerprint density at radius 2 is 1.85 bits per heavy atom.